The van der Waals surface area contributed by atoms with Crippen LogP contribution in [0.25, 0.3) is 0 Å². The van der Waals surface area contributed by atoms with E-state index in [1.807, 2.05) is 24.5 Å². The molecular weight excluding hydrogens is 202 g/mol. The molecular formula is C13H13NS. The van der Waals surface area contributed by atoms with E-state index < -0.39 is 0 Å². The molecule has 2 heteroatoms. The van der Waals surface area contributed by atoms with E-state index in [2.05, 4.69) is 36.2 Å². The molecule has 0 aromatic carbocycles. The molecule has 2 rings (SSSR count). The van der Waals surface area contributed by atoms with Crippen molar-refractivity contribution in [3.8, 4) is 0 Å². The van der Waals surface area contributed by atoms with Crippen molar-refractivity contribution in [2.24, 2.45) is 0 Å². The molecule has 0 unspecified atom stereocenters. The minimum Gasteiger partial charge on any atom is -0.265 e. The van der Waals surface area contributed by atoms with Crippen molar-refractivity contribution in [3.63, 3.8) is 0 Å². The molecule has 0 atom stereocenters. The van der Waals surface area contributed by atoms with Crippen molar-refractivity contribution < 1.29 is 0 Å². The van der Waals surface area contributed by atoms with E-state index in [0.717, 1.165) is 6.42 Å². The van der Waals surface area contributed by atoms with Crippen molar-refractivity contribution in [2.45, 2.75) is 18.2 Å². The number of hydrogen-bond donors (Lipinski definition) is 0. The van der Waals surface area contributed by atoms with Crippen molar-refractivity contribution >= 4 is 11.8 Å². The Balaban J connectivity index is 2.11. The summed E-state index contributed by atoms with van der Waals surface area (Å²) in [5.41, 5.74) is 1.31. The molecule has 0 spiro atoms. The lowest BCUT2D eigenvalue weighted by Gasteiger charge is -2.02. The van der Waals surface area contributed by atoms with Crippen LogP contribution in [0.3, 0.4) is 0 Å². The van der Waals surface area contributed by atoms with Gasteiger partial charge < -0.3 is 0 Å². The number of thioether (sulfide) groups is 1. The first-order valence-electron chi connectivity index (χ1n) is 4.96. The lowest BCUT2D eigenvalue weighted by atomic mass is 10.3. The number of nitrogens with zero attached hydrogens (tertiary/aromatic N) is 1. The van der Waals surface area contributed by atoms with Gasteiger partial charge in [0.15, 0.2) is 0 Å². The maximum Gasteiger partial charge on any atom is 0.0279 e. The normalized spacial score (nSPS) is 15.5. The van der Waals surface area contributed by atoms with Gasteiger partial charge in [-0.05, 0) is 30.4 Å². The third-order valence-corrected chi connectivity index (χ3v) is 3.20. The molecule has 1 aliphatic rings. The molecule has 0 fully saturated rings. The minimum atomic E-state index is 1.01. The molecule has 0 N–H and O–H groups in total. The van der Waals surface area contributed by atoms with Gasteiger partial charge in [-0.1, -0.05) is 41.6 Å². The van der Waals surface area contributed by atoms with Crippen LogP contribution in [0.1, 0.15) is 13.3 Å². The van der Waals surface area contributed by atoms with E-state index in [4.69, 9.17) is 0 Å². The molecule has 0 amide bonds. The molecule has 0 saturated carbocycles. The summed E-state index contributed by atoms with van der Waals surface area (Å²) in [6.07, 6.45) is 13.4. The lowest BCUT2D eigenvalue weighted by Crippen LogP contribution is -1.76. The second-order valence-electron chi connectivity index (χ2n) is 3.44. The second kappa shape index (κ2) is 4.99. The summed E-state index contributed by atoms with van der Waals surface area (Å²) in [4.78, 5) is 6.63. The van der Waals surface area contributed by atoms with Gasteiger partial charge in [-0.2, -0.15) is 0 Å². The smallest absolute Gasteiger partial charge is 0.0279 e. The van der Waals surface area contributed by atoms with Gasteiger partial charge in [0.05, 0.1) is 0 Å². The number of rotatable bonds is 2. The molecule has 76 valence electrons. The maximum absolute atomic E-state index is 4.01. The van der Waals surface area contributed by atoms with Gasteiger partial charge in [0.2, 0.25) is 0 Å². The first-order chi connectivity index (χ1) is 7.34. The molecule has 0 radical (unpaired) electrons. The molecule has 1 heterocycles. The number of pyridine rings is 1. The predicted octanol–water partition coefficient (Wildman–Crippen LogP) is 3.96. The van der Waals surface area contributed by atoms with Crippen molar-refractivity contribution in [1.82, 2.24) is 4.98 Å². The number of aromatic nitrogens is 1. The van der Waals surface area contributed by atoms with Crippen molar-refractivity contribution in [3.05, 3.63) is 59.3 Å². The average molecular weight is 215 g/mol. The summed E-state index contributed by atoms with van der Waals surface area (Å²) in [5.74, 6) is 0. The Kier molecular flexibility index (Phi) is 3.41. The highest BCUT2D eigenvalue weighted by Gasteiger charge is 2.00. The van der Waals surface area contributed by atoms with Gasteiger partial charge in [-0.3, -0.25) is 4.98 Å². The Bertz CT molecular complexity index is 415. The summed E-state index contributed by atoms with van der Waals surface area (Å²) in [6.45, 7) is 2.12. The molecule has 0 aliphatic heterocycles. The van der Waals surface area contributed by atoms with Crippen molar-refractivity contribution in [1.29, 1.82) is 0 Å². The summed E-state index contributed by atoms with van der Waals surface area (Å²) in [6, 6.07) is 4.08. The van der Waals surface area contributed by atoms with Crippen LogP contribution in [0, 0.1) is 0 Å². The van der Waals surface area contributed by atoms with Gasteiger partial charge in [0, 0.05) is 17.3 Å². The highest BCUT2D eigenvalue weighted by atomic mass is 32.2. The van der Waals surface area contributed by atoms with Crippen LogP contribution >= 0.6 is 11.8 Å². The Labute approximate surface area is 94.6 Å². The molecule has 1 nitrogen and oxygen atoms in total. The zero-order valence-electron chi connectivity index (χ0n) is 8.68. The van der Waals surface area contributed by atoms with Crippen LogP contribution in [0.5, 0.6) is 0 Å². The standard InChI is InChI=1S/C13H13NS/c1-11-3-2-4-12(6-5-11)15-13-7-9-14-10-8-13/h2-3,5-10H,4H2,1H3. The second-order valence-corrected chi connectivity index (χ2v) is 4.64. The van der Waals surface area contributed by atoms with E-state index in [9.17, 15) is 0 Å². The van der Waals surface area contributed by atoms with Gasteiger partial charge >= 0.3 is 0 Å². The fourth-order valence-corrected chi connectivity index (χ4v) is 2.22. The zero-order valence-corrected chi connectivity index (χ0v) is 9.50. The third kappa shape index (κ3) is 3.10. The lowest BCUT2D eigenvalue weighted by molar-refractivity contribution is 1.26. The fourth-order valence-electron chi connectivity index (χ4n) is 1.34. The molecule has 1 aromatic rings. The molecule has 1 aliphatic carbocycles. The maximum atomic E-state index is 4.01. The Morgan fingerprint density at radius 1 is 1.20 bits per heavy atom. The summed E-state index contributed by atoms with van der Waals surface area (Å²) < 4.78 is 0. The van der Waals surface area contributed by atoms with E-state index in [1.165, 1.54) is 15.4 Å². The Morgan fingerprint density at radius 2 is 2.00 bits per heavy atom. The molecule has 0 saturated heterocycles. The summed E-state index contributed by atoms with van der Waals surface area (Å²) in [5, 5.41) is 0. The van der Waals surface area contributed by atoms with E-state index in [-0.39, 0.29) is 0 Å². The first-order valence-corrected chi connectivity index (χ1v) is 5.78. The fraction of sp³-hybridized carbons (Fsp3) is 0.154. The SMILES string of the molecule is CC1=CC=C(Sc2ccncc2)CC=C1. The molecule has 1 aromatic heterocycles. The minimum absolute atomic E-state index is 1.01. The van der Waals surface area contributed by atoms with Crippen LogP contribution in [0.2, 0.25) is 0 Å². The van der Waals surface area contributed by atoms with Gasteiger partial charge in [-0.25, -0.2) is 0 Å². The zero-order chi connectivity index (χ0) is 10.5. The van der Waals surface area contributed by atoms with E-state index in [1.54, 1.807) is 11.8 Å². The van der Waals surface area contributed by atoms with Crippen molar-refractivity contribution in [2.75, 3.05) is 0 Å². The first kappa shape index (κ1) is 10.2. The monoisotopic (exact) mass is 215 g/mol. The average Bonchev–Trinajstić information content (AvgIpc) is 2.46. The summed E-state index contributed by atoms with van der Waals surface area (Å²) in [7, 11) is 0. The molecule has 0 bridgehead atoms. The molecule has 15 heavy (non-hydrogen) atoms. The van der Waals surface area contributed by atoms with Crippen LogP contribution < -0.4 is 0 Å². The third-order valence-electron chi connectivity index (χ3n) is 2.13. The largest absolute Gasteiger partial charge is 0.265 e. The highest BCUT2D eigenvalue weighted by Crippen LogP contribution is 2.29. The quantitative estimate of drug-likeness (QED) is 0.740. The summed E-state index contributed by atoms with van der Waals surface area (Å²) >= 11 is 1.81. The van der Waals surface area contributed by atoms with Crippen LogP contribution in [0.4, 0.5) is 0 Å². The van der Waals surface area contributed by atoms with Gasteiger partial charge in [0.1, 0.15) is 0 Å². The van der Waals surface area contributed by atoms with Gasteiger partial charge in [-0.15, -0.1) is 0 Å². The van der Waals surface area contributed by atoms with Crippen LogP contribution in [-0.2, 0) is 0 Å². The van der Waals surface area contributed by atoms with E-state index in [0.29, 0.717) is 0 Å². The van der Waals surface area contributed by atoms with Gasteiger partial charge in [0.25, 0.3) is 0 Å². The van der Waals surface area contributed by atoms with Crippen LogP contribution in [-0.4, -0.2) is 4.98 Å². The number of allylic oxidation sites excluding steroid dienone is 6. The van der Waals surface area contributed by atoms with E-state index >= 15 is 0 Å². The Morgan fingerprint density at radius 3 is 2.80 bits per heavy atom. The van der Waals surface area contributed by atoms with Crippen LogP contribution in [0.15, 0.2) is 64.2 Å². The topological polar surface area (TPSA) is 12.9 Å². The Hall–Kier alpha value is -1.28. The highest BCUT2D eigenvalue weighted by molar-refractivity contribution is 8.03. The number of hydrogen-bond acceptors (Lipinski definition) is 2. The predicted molar refractivity (Wildman–Crippen MR) is 65.7 cm³/mol.